The molecule has 0 fully saturated rings. The maximum Gasteiger partial charge on any atom is 0.223 e. The van der Waals surface area contributed by atoms with E-state index in [4.69, 9.17) is 23.5 Å². The summed E-state index contributed by atoms with van der Waals surface area (Å²) in [4.78, 5) is 15.4. The van der Waals surface area contributed by atoms with Crippen LogP contribution < -0.4 is 18.9 Å². The number of amides is 1. The molecule has 1 aromatic heterocycles. The van der Waals surface area contributed by atoms with Crippen LogP contribution in [-0.2, 0) is 17.6 Å². The van der Waals surface area contributed by atoms with Crippen molar-refractivity contribution in [2.24, 2.45) is 0 Å². The van der Waals surface area contributed by atoms with E-state index in [2.05, 4.69) is 5.16 Å². The van der Waals surface area contributed by atoms with Crippen molar-refractivity contribution in [1.29, 1.82) is 0 Å². The van der Waals surface area contributed by atoms with Gasteiger partial charge in [-0.15, -0.1) is 0 Å². The standard InChI is InChI=1S/C27H32N2O6/c1-17-22(18(2)35-28-17)10-11-27(30)29-13-12-19-14-25(32-4)26(33-5)15-23(19)24(29)16-34-21-8-6-20(31-3)7-9-21/h6-9,14-15,24H,10-13,16H2,1-5H3. The molecule has 0 radical (unpaired) electrons. The first-order valence-electron chi connectivity index (χ1n) is 11.7. The Kier molecular flexibility index (Phi) is 7.48. The zero-order valence-corrected chi connectivity index (χ0v) is 20.9. The number of hydrogen-bond donors (Lipinski definition) is 0. The van der Waals surface area contributed by atoms with Crippen molar-refractivity contribution in [3.63, 3.8) is 0 Å². The van der Waals surface area contributed by atoms with E-state index in [9.17, 15) is 4.79 Å². The SMILES string of the molecule is COc1ccc(OCC2c3cc(OC)c(OC)cc3CCN2C(=O)CCc2c(C)noc2C)cc1. The van der Waals surface area contributed by atoms with Gasteiger partial charge in [0.05, 0.1) is 33.1 Å². The number of benzene rings is 2. The third-order valence-electron chi connectivity index (χ3n) is 6.56. The lowest BCUT2D eigenvalue weighted by Crippen LogP contribution is -2.42. The van der Waals surface area contributed by atoms with Crippen LogP contribution in [-0.4, -0.2) is 50.4 Å². The summed E-state index contributed by atoms with van der Waals surface area (Å²) in [5, 5.41) is 4.01. The van der Waals surface area contributed by atoms with Gasteiger partial charge in [-0.25, -0.2) is 0 Å². The molecule has 3 aromatic rings. The highest BCUT2D eigenvalue weighted by atomic mass is 16.5. The van der Waals surface area contributed by atoms with E-state index in [-0.39, 0.29) is 11.9 Å². The molecular formula is C27H32N2O6. The van der Waals surface area contributed by atoms with Gasteiger partial charge in [-0.3, -0.25) is 4.79 Å². The van der Waals surface area contributed by atoms with Crippen molar-refractivity contribution in [1.82, 2.24) is 10.1 Å². The smallest absolute Gasteiger partial charge is 0.223 e. The van der Waals surface area contributed by atoms with Crippen LogP contribution in [0.2, 0.25) is 0 Å². The van der Waals surface area contributed by atoms with Gasteiger partial charge in [-0.05, 0) is 74.2 Å². The van der Waals surface area contributed by atoms with Crippen LogP contribution in [0.25, 0.3) is 0 Å². The van der Waals surface area contributed by atoms with Gasteiger partial charge < -0.3 is 28.4 Å². The van der Waals surface area contributed by atoms with E-state index < -0.39 is 0 Å². The fourth-order valence-corrected chi connectivity index (χ4v) is 4.59. The minimum Gasteiger partial charge on any atom is -0.497 e. The van der Waals surface area contributed by atoms with Crippen LogP contribution >= 0.6 is 0 Å². The fourth-order valence-electron chi connectivity index (χ4n) is 4.59. The summed E-state index contributed by atoms with van der Waals surface area (Å²) in [6.45, 7) is 4.69. The molecule has 0 N–H and O–H groups in total. The lowest BCUT2D eigenvalue weighted by Gasteiger charge is -2.37. The molecule has 1 aliphatic heterocycles. The van der Waals surface area contributed by atoms with E-state index >= 15 is 0 Å². The highest BCUT2D eigenvalue weighted by Crippen LogP contribution is 2.39. The highest BCUT2D eigenvalue weighted by Gasteiger charge is 2.33. The van der Waals surface area contributed by atoms with E-state index in [1.807, 2.05) is 55.1 Å². The predicted octanol–water partition coefficient (Wildman–Crippen LogP) is 4.45. The van der Waals surface area contributed by atoms with Gasteiger partial charge in [-0.1, -0.05) is 5.16 Å². The van der Waals surface area contributed by atoms with Crippen molar-refractivity contribution in [2.45, 2.75) is 39.2 Å². The average molecular weight is 481 g/mol. The third kappa shape index (κ3) is 5.21. The second-order valence-electron chi connectivity index (χ2n) is 8.55. The molecule has 35 heavy (non-hydrogen) atoms. The quantitative estimate of drug-likeness (QED) is 0.447. The Balaban J connectivity index is 1.59. The Hall–Kier alpha value is -3.68. The Morgan fingerprint density at radius 2 is 1.71 bits per heavy atom. The molecule has 1 unspecified atom stereocenters. The summed E-state index contributed by atoms with van der Waals surface area (Å²) in [6.07, 6.45) is 1.68. The summed E-state index contributed by atoms with van der Waals surface area (Å²) >= 11 is 0. The molecule has 8 heteroatoms. The molecule has 2 heterocycles. The molecule has 0 aliphatic carbocycles. The molecule has 0 saturated heterocycles. The minimum atomic E-state index is -0.266. The van der Waals surface area contributed by atoms with Crippen molar-refractivity contribution in [2.75, 3.05) is 34.5 Å². The molecule has 186 valence electrons. The van der Waals surface area contributed by atoms with Crippen LogP contribution in [0.4, 0.5) is 0 Å². The maximum absolute atomic E-state index is 13.5. The highest BCUT2D eigenvalue weighted by molar-refractivity contribution is 5.77. The molecule has 1 amide bonds. The van der Waals surface area contributed by atoms with Gasteiger partial charge >= 0.3 is 0 Å². The summed E-state index contributed by atoms with van der Waals surface area (Å²) in [7, 11) is 4.87. The van der Waals surface area contributed by atoms with Crippen LogP contribution in [0, 0.1) is 13.8 Å². The molecule has 4 rings (SSSR count). The monoisotopic (exact) mass is 480 g/mol. The number of rotatable bonds is 9. The number of fused-ring (bicyclic) bond motifs is 1. The third-order valence-corrected chi connectivity index (χ3v) is 6.56. The van der Waals surface area contributed by atoms with Gasteiger partial charge in [-0.2, -0.15) is 0 Å². The Bertz CT molecular complexity index is 1150. The lowest BCUT2D eigenvalue weighted by molar-refractivity contribution is -0.134. The first kappa shape index (κ1) is 24.4. The first-order chi connectivity index (χ1) is 16.9. The Labute approximate surface area is 205 Å². The summed E-state index contributed by atoms with van der Waals surface area (Å²) in [5.74, 6) is 3.60. The van der Waals surface area contributed by atoms with Gasteiger partial charge in [0.25, 0.3) is 0 Å². The van der Waals surface area contributed by atoms with Crippen molar-refractivity contribution >= 4 is 5.91 Å². The molecule has 1 atom stereocenters. The van der Waals surface area contributed by atoms with E-state index in [1.165, 1.54) is 0 Å². The zero-order valence-electron chi connectivity index (χ0n) is 20.9. The van der Waals surface area contributed by atoms with Gasteiger partial charge in [0.2, 0.25) is 5.91 Å². The first-order valence-corrected chi connectivity index (χ1v) is 11.7. The van der Waals surface area contributed by atoms with Crippen LogP contribution in [0.3, 0.4) is 0 Å². The van der Waals surface area contributed by atoms with E-state index in [0.717, 1.165) is 40.3 Å². The van der Waals surface area contributed by atoms with Crippen LogP contribution in [0.15, 0.2) is 40.9 Å². The van der Waals surface area contributed by atoms with E-state index in [0.29, 0.717) is 43.2 Å². The predicted molar refractivity (Wildman–Crippen MR) is 130 cm³/mol. The largest absolute Gasteiger partial charge is 0.497 e. The number of carbonyl (C=O) groups excluding carboxylic acids is 1. The molecule has 0 bridgehead atoms. The number of aryl methyl sites for hydroxylation is 2. The summed E-state index contributed by atoms with van der Waals surface area (Å²) in [6, 6.07) is 11.1. The number of methoxy groups -OCH3 is 3. The number of carbonyl (C=O) groups is 1. The van der Waals surface area contributed by atoms with Crippen LogP contribution in [0.1, 0.15) is 40.6 Å². The maximum atomic E-state index is 13.5. The number of aromatic nitrogens is 1. The average Bonchev–Trinajstić information content (AvgIpc) is 3.21. The normalized spacial score (nSPS) is 14.9. The lowest BCUT2D eigenvalue weighted by atomic mass is 9.91. The van der Waals surface area contributed by atoms with Gasteiger partial charge in [0.1, 0.15) is 23.9 Å². The second-order valence-corrected chi connectivity index (χ2v) is 8.55. The molecule has 1 aliphatic rings. The van der Waals surface area contributed by atoms with Gasteiger partial charge in [0.15, 0.2) is 11.5 Å². The zero-order chi connectivity index (χ0) is 24.9. The number of nitrogens with zero attached hydrogens (tertiary/aromatic N) is 2. The Morgan fingerprint density at radius 1 is 1.03 bits per heavy atom. The number of hydrogen-bond acceptors (Lipinski definition) is 7. The topological polar surface area (TPSA) is 83.3 Å². The minimum absolute atomic E-state index is 0.0637. The molecular weight excluding hydrogens is 448 g/mol. The van der Waals surface area contributed by atoms with E-state index in [1.54, 1.807) is 21.3 Å². The molecule has 0 saturated carbocycles. The summed E-state index contributed by atoms with van der Waals surface area (Å²) < 4.78 is 27.7. The van der Waals surface area contributed by atoms with Crippen molar-refractivity contribution in [3.8, 4) is 23.0 Å². The molecule has 2 aromatic carbocycles. The molecule has 0 spiro atoms. The van der Waals surface area contributed by atoms with Crippen molar-refractivity contribution < 1.29 is 28.3 Å². The Morgan fingerprint density at radius 3 is 2.34 bits per heavy atom. The molecule has 8 nitrogen and oxygen atoms in total. The summed E-state index contributed by atoms with van der Waals surface area (Å²) in [5.41, 5.74) is 3.96. The number of ether oxygens (including phenoxy) is 4. The van der Waals surface area contributed by atoms with Crippen molar-refractivity contribution in [3.05, 3.63) is 64.5 Å². The van der Waals surface area contributed by atoms with Crippen LogP contribution in [0.5, 0.6) is 23.0 Å². The van der Waals surface area contributed by atoms with Gasteiger partial charge in [0, 0.05) is 18.5 Å². The fraction of sp³-hybridized carbons (Fsp3) is 0.407. The second kappa shape index (κ2) is 10.7.